The third kappa shape index (κ3) is 4.50. The second-order valence-corrected chi connectivity index (χ2v) is 8.28. The lowest BCUT2D eigenvalue weighted by atomic mass is 10.2. The van der Waals surface area contributed by atoms with Gasteiger partial charge in [0, 0.05) is 24.3 Å². The van der Waals surface area contributed by atoms with E-state index in [1.165, 1.54) is 11.3 Å². The fourth-order valence-corrected chi connectivity index (χ4v) is 3.60. The first-order valence-electron chi connectivity index (χ1n) is 7.47. The van der Waals surface area contributed by atoms with Crippen LogP contribution in [0.25, 0.3) is 10.1 Å². The minimum absolute atomic E-state index is 0.332. The first-order valence-corrected chi connectivity index (χ1v) is 10.1. The Morgan fingerprint density at radius 2 is 1.96 bits per heavy atom. The van der Waals surface area contributed by atoms with Gasteiger partial charge in [-0.3, -0.25) is 4.57 Å². The fourth-order valence-electron chi connectivity index (χ4n) is 2.30. The quantitative estimate of drug-likeness (QED) is 0.549. The van der Waals surface area contributed by atoms with Gasteiger partial charge in [-0.1, -0.05) is 0 Å². The standard InChI is InChI=1S/C15H17O8PS/c1-20-3-2-14-22-10-6-9-7-13(25-12(9)8-11(10)23-14)15(16)21-4-5-24(17,18)19/h6-8,14H,2-5H2,1H3,(H2,17,18,19). The number of thiophene rings is 1. The van der Waals surface area contributed by atoms with Gasteiger partial charge in [-0.2, -0.15) is 0 Å². The van der Waals surface area contributed by atoms with Gasteiger partial charge < -0.3 is 28.7 Å². The van der Waals surface area contributed by atoms with Gasteiger partial charge in [-0.05, 0) is 17.5 Å². The highest BCUT2D eigenvalue weighted by Crippen LogP contribution is 2.41. The average molecular weight is 388 g/mol. The molecule has 0 bridgehead atoms. The van der Waals surface area contributed by atoms with Crippen molar-refractivity contribution in [1.82, 2.24) is 0 Å². The van der Waals surface area contributed by atoms with E-state index in [0.717, 1.165) is 10.1 Å². The summed E-state index contributed by atoms with van der Waals surface area (Å²) >= 11 is 1.22. The van der Waals surface area contributed by atoms with E-state index >= 15 is 0 Å². The van der Waals surface area contributed by atoms with Gasteiger partial charge in [-0.15, -0.1) is 11.3 Å². The molecule has 10 heteroatoms. The van der Waals surface area contributed by atoms with Crippen LogP contribution in [0.4, 0.5) is 0 Å². The smallest absolute Gasteiger partial charge is 0.348 e. The van der Waals surface area contributed by atoms with Crippen molar-refractivity contribution in [2.45, 2.75) is 12.7 Å². The largest absolute Gasteiger partial charge is 0.461 e. The average Bonchev–Trinajstić information content (AvgIpc) is 3.11. The topological polar surface area (TPSA) is 112 Å². The van der Waals surface area contributed by atoms with Crippen molar-refractivity contribution in [2.24, 2.45) is 0 Å². The maximum Gasteiger partial charge on any atom is 0.348 e. The van der Waals surface area contributed by atoms with Gasteiger partial charge in [0.15, 0.2) is 11.5 Å². The SMILES string of the molecule is COCCC1Oc2cc3cc(C(=O)OCCP(=O)(O)O)sc3cc2O1. The van der Waals surface area contributed by atoms with E-state index in [1.807, 2.05) is 0 Å². The van der Waals surface area contributed by atoms with Crippen molar-refractivity contribution >= 4 is 35.0 Å². The zero-order valence-electron chi connectivity index (χ0n) is 13.3. The number of hydrogen-bond donors (Lipinski definition) is 2. The highest BCUT2D eigenvalue weighted by atomic mass is 32.1. The molecule has 8 nitrogen and oxygen atoms in total. The van der Waals surface area contributed by atoms with Crippen molar-refractivity contribution in [2.75, 3.05) is 26.5 Å². The molecule has 0 fully saturated rings. The van der Waals surface area contributed by atoms with Crippen molar-refractivity contribution in [3.8, 4) is 11.5 Å². The Bertz CT molecular complexity index is 783. The number of hydrogen-bond acceptors (Lipinski definition) is 7. The normalized spacial score (nSPS) is 16.4. The zero-order valence-corrected chi connectivity index (χ0v) is 15.0. The molecule has 0 saturated carbocycles. The minimum atomic E-state index is -4.18. The van der Waals surface area contributed by atoms with Gasteiger partial charge in [0.05, 0.1) is 12.8 Å². The van der Waals surface area contributed by atoms with Crippen molar-refractivity contribution in [1.29, 1.82) is 0 Å². The number of ether oxygens (including phenoxy) is 4. The Morgan fingerprint density at radius 3 is 2.64 bits per heavy atom. The maximum atomic E-state index is 12.0. The van der Waals surface area contributed by atoms with Crippen LogP contribution in [0.2, 0.25) is 0 Å². The summed E-state index contributed by atoms with van der Waals surface area (Å²) in [6, 6.07) is 5.25. The number of rotatable bonds is 7. The van der Waals surface area contributed by atoms with Gasteiger partial charge in [0.1, 0.15) is 11.5 Å². The Morgan fingerprint density at radius 1 is 1.24 bits per heavy atom. The number of carbonyl (C=O) groups is 1. The lowest BCUT2D eigenvalue weighted by molar-refractivity contribution is 0.0196. The molecule has 1 aliphatic rings. The Kier molecular flexibility index (Phi) is 5.31. The molecule has 2 aromatic rings. The molecule has 1 atom stereocenters. The summed E-state index contributed by atoms with van der Waals surface area (Å²) in [6.45, 7) is 0.193. The molecule has 136 valence electrons. The summed E-state index contributed by atoms with van der Waals surface area (Å²) in [5.74, 6) is 0.597. The number of carbonyl (C=O) groups excluding carboxylic acids is 1. The van der Waals surface area contributed by atoms with Gasteiger partial charge in [0.25, 0.3) is 0 Å². The number of fused-ring (bicyclic) bond motifs is 2. The molecular weight excluding hydrogens is 371 g/mol. The maximum absolute atomic E-state index is 12.0. The molecule has 0 amide bonds. The Labute approximate surface area is 147 Å². The summed E-state index contributed by atoms with van der Waals surface area (Å²) in [5.41, 5.74) is 0. The molecule has 1 unspecified atom stereocenters. The van der Waals surface area contributed by atoms with E-state index in [1.54, 1.807) is 25.3 Å². The summed E-state index contributed by atoms with van der Waals surface area (Å²) in [7, 11) is -2.57. The van der Waals surface area contributed by atoms with Crippen LogP contribution in [0, 0.1) is 0 Å². The predicted octanol–water partition coefficient (Wildman–Crippen LogP) is 2.37. The third-order valence-corrected chi connectivity index (χ3v) is 5.32. The molecule has 2 N–H and O–H groups in total. The lowest BCUT2D eigenvalue weighted by Crippen LogP contribution is -2.19. The van der Waals surface area contributed by atoms with Crippen molar-refractivity contribution in [3.63, 3.8) is 0 Å². The number of esters is 1. The van der Waals surface area contributed by atoms with Crippen molar-refractivity contribution < 1.29 is 38.1 Å². The molecule has 0 spiro atoms. The van der Waals surface area contributed by atoms with Crippen LogP contribution in [0.5, 0.6) is 11.5 Å². The van der Waals surface area contributed by atoms with Gasteiger partial charge in [-0.25, -0.2) is 4.79 Å². The van der Waals surface area contributed by atoms with E-state index < -0.39 is 19.7 Å². The first kappa shape index (κ1) is 18.2. The Hall–Kier alpha value is -1.64. The van der Waals surface area contributed by atoms with Gasteiger partial charge >= 0.3 is 13.6 Å². The predicted molar refractivity (Wildman–Crippen MR) is 90.6 cm³/mol. The molecule has 0 radical (unpaired) electrons. The first-order chi connectivity index (χ1) is 11.9. The summed E-state index contributed by atoms with van der Waals surface area (Å²) < 4.78 is 32.9. The molecule has 0 saturated heterocycles. The highest BCUT2D eigenvalue weighted by molar-refractivity contribution is 7.51. The van der Waals surface area contributed by atoms with E-state index in [4.69, 9.17) is 28.7 Å². The number of methoxy groups -OCH3 is 1. The van der Waals surface area contributed by atoms with E-state index in [0.29, 0.717) is 29.4 Å². The molecule has 1 aromatic carbocycles. The highest BCUT2D eigenvalue weighted by Gasteiger charge is 2.25. The third-order valence-electron chi connectivity index (χ3n) is 3.47. The lowest BCUT2D eigenvalue weighted by Gasteiger charge is -2.08. The van der Waals surface area contributed by atoms with E-state index in [2.05, 4.69) is 0 Å². The van der Waals surface area contributed by atoms with Crippen LogP contribution in [0.15, 0.2) is 18.2 Å². The van der Waals surface area contributed by atoms with Crippen LogP contribution in [-0.4, -0.2) is 48.5 Å². The molecule has 25 heavy (non-hydrogen) atoms. The molecule has 1 aromatic heterocycles. The molecule has 0 aliphatic carbocycles. The molecule has 2 heterocycles. The summed E-state index contributed by atoms with van der Waals surface area (Å²) in [4.78, 5) is 29.9. The van der Waals surface area contributed by atoms with Crippen molar-refractivity contribution in [3.05, 3.63) is 23.1 Å². The van der Waals surface area contributed by atoms with E-state index in [-0.39, 0.29) is 12.9 Å². The van der Waals surface area contributed by atoms with Crippen LogP contribution >= 0.6 is 18.9 Å². The molecular formula is C15H17O8PS. The zero-order chi connectivity index (χ0) is 18.0. The summed E-state index contributed by atoms with van der Waals surface area (Å²) in [6.07, 6.45) is -0.276. The minimum Gasteiger partial charge on any atom is -0.461 e. The van der Waals surface area contributed by atoms with Gasteiger partial charge in [0.2, 0.25) is 6.29 Å². The number of benzene rings is 1. The Balaban J connectivity index is 1.68. The summed E-state index contributed by atoms with van der Waals surface area (Å²) in [5, 5.41) is 0.807. The second-order valence-electron chi connectivity index (χ2n) is 5.42. The van der Waals surface area contributed by atoms with E-state index in [9.17, 15) is 9.36 Å². The fraction of sp³-hybridized carbons (Fsp3) is 0.400. The van der Waals surface area contributed by atoms with Crippen LogP contribution in [0.3, 0.4) is 0 Å². The molecule has 1 aliphatic heterocycles. The second kappa shape index (κ2) is 7.31. The molecule has 3 rings (SSSR count). The monoisotopic (exact) mass is 388 g/mol. The van der Waals surface area contributed by atoms with Crippen LogP contribution < -0.4 is 9.47 Å². The van der Waals surface area contributed by atoms with Crippen LogP contribution in [0.1, 0.15) is 16.1 Å². The van der Waals surface area contributed by atoms with Crippen LogP contribution in [-0.2, 0) is 14.0 Å².